The molecule has 6 nitrogen and oxygen atoms in total. The van der Waals surface area contributed by atoms with Crippen LogP contribution in [0.1, 0.15) is 20.3 Å². The van der Waals surface area contributed by atoms with Gasteiger partial charge in [0.2, 0.25) is 5.91 Å². The minimum Gasteiger partial charge on any atom is -0.382 e. The second kappa shape index (κ2) is 6.82. The normalized spacial score (nSPS) is 23.4. The number of carbonyl (C=O) groups is 2. The van der Waals surface area contributed by atoms with Crippen LogP contribution in [-0.2, 0) is 23.8 Å². The lowest BCUT2D eigenvalue weighted by atomic mass is 9.77. The van der Waals surface area contributed by atoms with Gasteiger partial charge in [-0.05, 0) is 13.8 Å². The molecule has 0 bridgehead atoms. The minimum absolute atomic E-state index is 0.0799. The molecule has 1 amide bonds. The summed E-state index contributed by atoms with van der Waals surface area (Å²) in [7, 11) is 1.59. The smallest absolute Gasteiger partial charge is 0.228 e. The molecule has 1 aliphatic heterocycles. The van der Waals surface area contributed by atoms with E-state index in [-0.39, 0.29) is 24.7 Å². The molecular formula is C12H21NO5. The molecule has 1 rings (SSSR count). The highest BCUT2D eigenvalue weighted by Crippen LogP contribution is 2.31. The largest absolute Gasteiger partial charge is 0.382 e. The van der Waals surface area contributed by atoms with Crippen LogP contribution in [0.3, 0.4) is 0 Å². The highest BCUT2D eigenvalue weighted by Gasteiger charge is 2.49. The predicted molar refractivity (Wildman–Crippen MR) is 64.0 cm³/mol. The summed E-state index contributed by atoms with van der Waals surface area (Å²) in [5.41, 5.74) is -0.650. The monoisotopic (exact) mass is 259 g/mol. The average Bonchev–Trinajstić information content (AvgIpc) is 2.27. The lowest BCUT2D eigenvalue weighted by Crippen LogP contribution is -2.66. The Bertz CT molecular complexity index is 290. The van der Waals surface area contributed by atoms with Crippen LogP contribution >= 0.6 is 0 Å². The van der Waals surface area contributed by atoms with E-state index >= 15 is 0 Å². The zero-order valence-electron chi connectivity index (χ0n) is 11.1. The van der Waals surface area contributed by atoms with Gasteiger partial charge in [-0.3, -0.25) is 4.79 Å². The number of hydrogen-bond acceptors (Lipinski definition) is 5. The molecule has 0 aliphatic carbocycles. The van der Waals surface area contributed by atoms with Crippen LogP contribution in [0.4, 0.5) is 0 Å². The third-order valence-corrected chi connectivity index (χ3v) is 3.06. The molecule has 6 heteroatoms. The van der Waals surface area contributed by atoms with Crippen molar-refractivity contribution in [2.75, 3.05) is 27.1 Å². The Balaban J connectivity index is 2.36. The van der Waals surface area contributed by atoms with Gasteiger partial charge in [0.25, 0.3) is 0 Å². The standard InChI is InChI=1S/C12H21NO5/c1-12(2,18-8-17-7-6-16-3)10-9(4-5-14)13-11(10)15/h5,9-10H,4,6-8H2,1-3H3,(H,13,15). The Kier molecular flexibility index (Phi) is 5.71. The van der Waals surface area contributed by atoms with Gasteiger partial charge in [0.15, 0.2) is 0 Å². The first-order valence-corrected chi connectivity index (χ1v) is 5.97. The molecule has 1 N–H and O–H groups in total. The van der Waals surface area contributed by atoms with Crippen LogP contribution in [0.2, 0.25) is 0 Å². The van der Waals surface area contributed by atoms with Crippen molar-refractivity contribution in [1.29, 1.82) is 0 Å². The van der Waals surface area contributed by atoms with E-state index < -0.39 is 5.60 Å². The third-order valence-electron chi connectivity index (χ3n) is 3.06. The summed E-state index contributed by atoms with van der Waals surface area (Å²) in [4.78, 5) is 22.0. The maximum atomic E-state index is 11.5. The van der Waals surface area contributed by atoms with Gasteiger partial charge in [-0.2, -0.15) is 0 Å². The number of β-lactam (4-membered cyclic amide) rings is 1. The molecule has 1 fully saturated rings. The van der Waals surface area contributed by atoms with Crippen molar-refractivity contribution in [3.8, 4) is 0 Å². The van der Waals surface area contributed by atoms with Gasteiger partial charge < -0.3 is 24.3 Å². The summed E-state index contributed by atoms with van der Waals surface area (Å²) in [5, 5.41) is 2.70. The topological polar surface area (TPSA) is 73.9 Å². The Labute approximate surface area is 107 Å². The van der Waals surface area contributed by atoms with Gasteiger partial charge in [-0.25, -0.2) is 0 Å². The van der Waals surface area contributed by atoms with Gasteiger partial charge in [0, 0.05) is 19.6 Å². The van der Waals surface area contributed by atoms with Crippen LogP contribution in [-0.4, -0.2) is 51.0 Å². The summed E-state index contributed by atoms with van der Waals surface area (Å²) in [5.74, 6) is -0.391. The lowest BCUT2D eigenvalue weighted by Gasteiger charge is -2.45. The third kappa shape index (κ3) is 3.76. The summed E-state index contributed by atoms with van der Waals surface area (Å²) in [6.07, 6.45) is 1.12. The zero-order valence-corrected chi connectivity index (χ0v) is 11.1. The van der Waals surface area contributed by atoms with E-state index in [4.69, 9.17) is 14.2 Å². The van der Waals surface area contributed by atoms with Crippen LogP contribution in [0, 0.1) is 5.92 Å². The van der Waals surface area contributed by atoms with Crippen molar-refractivity contribution in [1.82, 2.24) is 5.32 Å². The molecule has 0 radical (unpaired) electrons. The van der Waals surface area contributed by atoms with Crippen LogP contribution in [0.25, 0.3) is 0 Å². The predicted octanol–water partition coefficient (Wildman–Crippen LogP) is 0.106. The van der Waals surface area contributed by atoms with Crippen LogP contribution in [0.5, 0.6) is 0 Å². The van der Waals surface area contributed by atoms with E-state index in [2.05, 4.69) is 5.32 Å². The number of aldehydes is 1. The van der Waals surface area contributed by atoms with Gasteiger partial charge in [0.1, 0.15) is 13.1 Å². The van der Waals surface area contributed by atoms with E-state index in [0.717, 1.165) is 6.29 Å². The second-order valence-electron chi connectivity index (χ2n) is 4.76. The Morgan fingerprint density at radius 2 is 2.11 bits per heavy atom. The first-order chi connectivity index (χ1) is 8.53. The first-order valence-electron chi connectivity index (χ1n) is 5.97. The number of carbonyl (C=O) groups excluding carboxylic acids is 2. The van der Waals surface area contributed by atoms with Gasteiger partial charge >= 0.3 is 0 Å². The molecule has 0 spiro atoms. The van der Waals surface area contributed by atoms with Gasteiger partial charge in [-0.1, -0.05) is 0 Å². The highest BCUT2D eigenvalue weighted by molar-refractivity contribution is 5.87. The molecule has 2 atom stereocenters. The van der Waals surface area contributed by atoms with E-state index in [1.165, 1.54) is 0 Å². The summed E-state index contributed by atoms with van der Waals surface area (Å²) >= 11 is 0. The quantitative estimate of drug-likeness (QED) is 0.275. The molecule has 0 aromatic heterocycles. The molecule has 104 valence electrons. The fourth-order valence-electron chi connectivity index (χ4n) is 2.03. The highest BCUT2D eigenvalue weighted by atomic mass is 16.7. The van der Waals surface area contributed by atoms with Crippen LogP contribution in [0.15, 0.2) is 0 Å². The first kappa shape index (κ1) is 15.1. The summed E-state index contributed by atoms with van der Waals surface area (Å²) in [6.45, 7) is 4.71. The lowest BCUT2D eigenvalue weighted by molar-refractivity contribution is -0.180. The molecule has 0 saturated carbocycles. The molecule has 2 unspecified atom stereocenters. The summed E-state index contributed by atoms with van der Waals surface area (Å²) < 4.78 is 15.6. The molecular weight excluding hydrogens is 238 g/mol. The molecule has 0 aromatic carbocycles. The van der Waals surface area contributed by atoms with Crippen molar-refractivity contribution >= 4 is 12.2 Å². The Hall–Kier alpha value is -0.980. The van der Waals surface area contributed by atoms with E-state index in [0.29, 0.717) is 19.6 Å². The number of ether oxygens (including phenoxy) is 3. The fraction of sp³-hybridized carbons (Fsp3) is 0.833. The van der Waals surface area contributed by atoms with Crippen molar-refractivity contribution in [3.63, 3.8) is 0 Å². The molecule has 1 saturated heterocycles. The Morgan fingerprint density at radius 3 is 2.67 bits per heavy atom. The average molecular weight is 259 g/mol. The zero-order chi connectivity index (χ0) is 13.6. The maximum absolute atomic E-state index is 11.5. The number of amides is 1. The van der Waals surface area contributed by atoms with Crippen molar-refractivity contribution in [2.45, 2.75) is 31.9 Å². The number of rotatable bonds is 9. The summed E-state index contributed by atoms with van der Waals surface area (Å²) in [6, 6.07) is -0.135. The van der Waals surface area contributed by atoms with Crippen molar-refractivity contribution in [2.24, 2.45) is 5.92 Å². The van der Waals surface area contributed by atoms with Crippen LogP contribution < -0.4 is 5.32 Å². The molecule has 1 heterocycles. The SMILES string of the molecule is COCCOCOC(C)(C)C1C(=O)NC1CC=O. The van der Waals surface area contributed by atoms with Crippen molar-refractivity contribution < 1.29 is 23.8 Å². The van der Waals surface area contributed by atoms with Crippen molar-refractivity contribution in [3.05, 3.63) is 0 Å². The van der Waals surface area contributed by atoms with E-state index in [9.17, 15) is 9.59 Å². The minimum atomic E-state index is -0.650. The van der Waals surface area contributed by atoms with E-state index in [1.807, 2.05) is 13.8 Å². The van der Waals surface area contributed by atoms with Gasteiger partial charge in [-0.15, -0.1) is 0 Å². The molecule has 0 aromatic rings. The van der Waals surface area contributed by atoms with E-state index in [1.54, 1.807) is 7.11 Å². The number of nitrogens with one attached hydrogen (secondary N) is 1. The Morgan fingerprint density at radius 1 is 1.39 bits per heavy atom. The number of methoxy groups -OCH3 is 1. The van der Waals surface area contributed by atoms with Gasteiger partial charge in [0.05, 0.1) is 24.7 Å². The fourth-order valence-corrected chi connectivity index (χ4v) is 2.03. The molecule has 1 aliphatic rings. The molecule has 18 heavy (non-hydrogen) atoms. The second-order valence-corrected chi connectivity index (χ2v) is 4.76. The number of hydrogen-bond donors (Lipinski definition) is 1. The maximum Gasteiger partial charge on any atom is 0.228 e.